The molecule has 0 amide bonds. The van der Waals surface area contributed by atoms with E-state index in [1.54, 1.807) is 30.1 Å². The fraction of sp³-hybridized carbons (Fsp3) is 0.125. The second-order valence-corrected chi connectivity index (χ2v) is 7.25. The first kappa shape index (κ1) is 20.4. The number of rotatable bonds is 7. The van der Waals surface area contributed by atoms with Crippen molar-refractivity contribution in [2.24, 2.45) is 0 Å². The molecule has 0 saturated heterocycles. The van der Waals surface area contributed by atoms with Crippen LogP contribution in [-0.2, 0) is 6.61 Å². The van der Waals surface area contributed by atoms with E-state index in [2.05, 4.69) is 20.2 Å². The molecule has 4 aromatic heterocycles. The number of nitrogens with one attached hydrogen (secondary N) is 1. The molecule has 9 nitrogen and oxygen atoms in total. The minimum absolute atomic E-state index is 0.0488. The highest BCUT2D eigenvalue weighted by Crippen LogP contribution is 2.33. The molecular formula is C24H21N5O4. The number of benzene rings is 1. The lowest BCUT2D eigenvalue weighted by molar-refractivity contribution is 0.293. The molecule has 0 aliphatic heterocycles. The number of aromatic amines is 1. The number of H-pyrrole nitrogens is 1. The Bertz CT molecular complexity index is 1410. The number of aromatic hydroxyl groups is 1. The summed E-state index contributed by atoms with van der Waals surface area (Å²) in [6, 6.07) is 17.0. The summed E-state index contributed by atoms with van der Waals surface area (Å²) in [6.07, 6.45) is 3.40. The standard InChI is InChI=1S/C24H21N5O4/c1-31-20-10-16(12-25-23(20)32-2)18-9-8-17-19(26-18)13-29(24(17)30)21-11-22(28-27-21)33-14-15-6-4-3-5-7-15/h3-13,30H,14H2,1-2H3,(H,27,28). The Hall–Kier alpha value is -4.53. The summed E-state index contributed by atoms with van der Waals surface area (Å²) in [6.45, 7) is 0.398. The first-order valence-corrected chi connectivity index (χ1v) is 10.2. The molecule has 4 heterocycles. The largest absolute Gasteiger partial charge is 0.494 e. The third-order valence-corrected chi connectivity index (χ3v) is 5.20. The maximum absolute atomic E-state index is 10.8. The van der Waals surface area contributed by atoms with E-state index in [0.717, 1.165) is 11.1 Å². The van der Waals surface area contributed by atoms with Gasteiger partial charge in [0.2, 0.25) is 11.8 Å². The zero-order chi connectivity index (χ0) is 22.8. The van der Waals surface area contributed by atoms with E-state index in [9.17, 15) is 5.11 Å². The molecule has 9 heteroatoms. The van der Waals surface area contributed by atoms with Gasteiger partial charge in [0.25, 0.3) is 5.88 Å². The van der Waals surface area contributed by atoms with Gasteiger partial charge in [0.05, 0.1) is 30.8 Å². The molecule has 5 aromatic rings. The molecule has 0 atom stereocenters. The lowest BCUT2D eigenvalue weighted by Crippen LogP contribution is -1.94. The monoisotopic (exact) mass is 443 g/mol. The van der Waals surface area contributed by atoms with Gasteiger partial charge < -0.3 is 19.3 Å². The van der Waals surface area contributed by atoms with Crippen LogP contribution in [0.1, 0.15) is 5.56 Å². The molecule has 5 rings (SSSR count). The van der Waals surface area contributed by atoms with E-state index >= 15 is 0 Å². The molecule has 0 radical (unpaired) electrons. The molecule has 0 aliphatic carbocycles. The second-order valence-electron chi connectivity index (χ2n) is 7.25. The van der Waals surface area contributed by atoms with Gasteiger partial charge in [-0.1, -0.05) is 30.3 Å². The highest BCUT2D eigenvalue weighted by atomic mass is 16.5. The molecular weight excluding hydrogens is 422 g/mol. The average Bonchev–Trinajstić information content (AvgIpc) is 3.47. The van der Waals surface area contributed by atoms with Crippen molar-refractivity contribution in [3.63, 3.8) is 0 Å². The highest BCUT2D eigenvalue weighted by molar-refractivity contribution is 5.87. The lowest BCUT2D eigenvalue weighted by Gasteiger charge is -2.08. The highest BCUT2D eigenvalue weighted by Gasteiger charge is 2.15. The molecule has 0 aliphatic rings. The van der Waals surface area contributed by atoms with Crippen LogP contribution in [-0.4, -0.2) is 44.1 Å². The Morgan fingerprint density at radius 2 is 1.88 bits per heavy atom. The average molecular weight is 443 g/mol. The van der Waals surface area contributed by atoms with E-state index in [4.69, 9.17) is 14.2 Å². The van der Waals surface area contributed by atoms with E-state index in [-0.39, 0.29) is 5.88 Å². The normalized spacial score (nSPS) is 11.0. The molecule has 0 bridgehead atoms. The zero-order valence-corrected chi connectivity index (χ0v) is 18.0. The van der Waals surface area contributed by atoms with Gasteiger partial charge in [-0.15, -0.1) is 5.10 Å². The van der Waals surface area contributed by atoms with Crippen LogP contribution in [0.25, 0.3) is 28.0 Å². The van der Waals surface area contributed by atoms with Crippen LogP contribution >= 0.6 is 0 Å². The van der Waals surface area contributed by atoms with Crippen molar-refractivity contribution in [2.75, 3.05) is 14.2 Å². The Balaban J connectivity index is 1.43. The van der Waals surface area contributed by atoms with Crippen molar-refractivity contribution in [1.82, 2.24) is 24.7 Å². The summed E-state index contributed by atoms with van der Waals surface area (Å²) < 4.78 is 17.9. The van der Waals surface area contributed by atoms with Gasteiger partial charge in [-0.3, -0.25) is 9.67 Å². The third kappa shape index (κ3) is 3.91. The van der Waals surface area contributed by atoms with Crippen LogP contribution in [0.2, 0.25) is 0 Å². The minimum Gasteiger partial charge on any atom is -0.494 e. The summed E-state index contributed by atoms with van der Waals surface area (Å²) in [5.74, 6) is 1.94. The van der Waals surface area contributed by atoms with Crippen molar-refractivity contribution in [3.8, 4) is 40.5 Å². The summed E-state index contributed by atoms with van der Waals surface area (Å²) in [5, 5.41) is 18.4. The molecule has 166 valence electrons. The number of hydrogen-bond donors (Lipinski definition) is 2. The number of aromatic nitrogens is 5. The Kier molecular flexibility index (Phi) is 5.27. The van der Waals surface area contributed by atoms with Gasteiger partial charge in [0, 0.05) is 24.0 Å². The fourth-order valence-corrected chi connectivity index (χ4v) is 3.51. The van der Waals surface area contributed by atoms with Crippen LogP contribution < -0.4 is 14.2 Å². The van der Waals surface area contributed by atoms with Crippen LogP contribution in [0.5, 0.6) is 23.4 Å². The van der Waals surface area contributed by atoms with E-state index < -0.39 is 0 Å². The molecule has 0 fully saturated rings. The van der Waals surface area contributed by atoms with Gasteiger partial charge in [0.1, 0.15) is 12.4 Å². The molecule has 0 unspecified atom stereocenters. The van der Waals surface area contributed by atoms with E-state index in [1.165, 1.54) is 7.11 Å². The zero-order valence-electron chi connectivity index (χ0n) is 18.0. The number of nitrogens with zero attached hydrogens (tertiary/aromatic N) is 4. The summed E-state index contributed by atoms with van der Waals surface area (Å²) >= 11 is 0. The van der Waals surface area contributed by atoms with Crippen LogP contribution in [0.4, 0.5) is 0 Å². The molecule has 0 spiro atoms. The second kappa shape index (κ2) is 8.54. The first-order valence-electron chi connectivity index (χ1n) is 10.2. The molecule has 2 N–H and O–H groups in total. The van der Waals surface area contributed by atoms with Crippen LogP contribution in [0.15, 0.2) is 67.0 Å². The Morgan fingerprint density at radius 3 is 2.67 bits per heavy atom. The quantitative estimate of drug-likeness (QED) is 0.390. The number of methoxy groups -OCH3 is 2. The van der Waals surface area contributed by atoms with Gasteiger partial charge >= 0.3 is 0 Å². The molecule has 33 heavy (non-hydrogen) atoms. The molecule has 1 aromatic carbocycles. The molecule has 0 saturated carbocycles. The number of ether oxygens (including phenoxy) is 3. The summed E-state index contributed by atoms with van der Waals surface area (Å²) in [7, 11) is 3.09. The first-order chi connectivity index (χ1) is 16.2. The maximum Gasteiger partial charge on any atom is 0.256 e. The topological polar surface area (TPSA) is 107 Å². The van der Waals surface area contributed by atoms with Gasteiger partial charge in [0.15, 0.2) is 5.75 Å². The van der Waals surface area contributed by atoms with Gasteiger partial charge in [-0.2, -0.15) is 0 Å². The predicted octanol–water partition coefficient (Wildman–Crippen LogP) is 4.11. The Morgan fingerprint density at radius 1 is 1.03 bits per heavy atom. The van der Waals surface area contributed by atoms with Crippen molar-refractivity contribution in [2.45, 2.75) is 6.61 Å². The van der Waals surface area contributed by atoms with Crippen molar-refractivity contribution in [1.29, 1.82) is 0 Å². The van der Waals surface area contributed by atoms with Gasteiger partial charge in [-0.25, -0.2) is 9.97 Å². The fourth-order valence-electron chi connectivity index (χ4n) is 3.51. The smallest absolute Gasteiger partial charge is 0.256 e. The van der Waals surface area contributed by atoms with Crippen molar-refractivity contribution >= 4 is 10.9 Å². The predicted molar refractivity (Wildman–Crippen MR) is 122 cm³/mol. The number of fused-ring (bicyclic) bond motifs is 1. The lowest BCUT2D eigenvalue weighted by atomic mass is 10.1. The Labute approximate surface area is 189 Å². The number of hydrogen-bond acceptors (Lipinski definition) is 7. The summed E-state index contributed by atoms with van der Waals surface area (Å²) in [5.41, 5.74) is 3.10. The minimum atomic E-state index is 0.0488. The maximum atomic E-state index is 10.8. The van der Waals surface area contributed by atoms with Crippen LogP contribution in [0, 0.1) is 0 Å². The summed E-state index contributed by atoms with van der Waals surface area (Å²) in [4.78, 5) is 8.95. The van der Waals surface area contributed by atoms with Gasteiger partial charge in [-0.05, 0) is 23.8 Å². The third-order valence-electron chi connectivity index (χ3n) is 5.20. The van der Waals surface area contributed by atoms with E-state index in [1.807, 2.05) is 48.5 Å². The number of pyridine rings is 2. The van der Waals surface area contributed by atoms with Crippen molar-refractivity contribution in [3.05, 3.63) is 72.6 Å². The van der Waals surface area contributed by atoms with E-state index in [0.29, 0.717) is 46.5 Å². The van der Waals surface area contributed by atoms with Crippen LogP contribution in [0.3, 0.4) is 0 Å². The van der Waals surface area contributed by atoms with Crippen molar-refractivity contribution < 1.29 is 19.3 Å². The SMILES string of the molecule is COc1cc(-c2ccc3c(O)n(-c4cc(OCc5ccccc5)n[nH]4)cc3n2)cnc1OC.